The van der Waals surface area contributed by atoms with Crippen molar-refractivity contribution in [3.05, 3.63) is 34.6 Å². The number of thiazole rings is 1. The summed E-state index contributed by atoms with van der Waals surface area (Å²) in [4.78, 5) is 16.5. The molecule has 0 aliphatic rings. The van der Waals surface area contributed by atoms with Gasteiger partial charge in [-0.25, -0.2) is 4.98 Å². The molecule has 102 valence electrons. The van der Waals surface area contributed by atoms with Crippen molar-refractivity contribution in [1.82, 2.24) is 9.55 Å². The molecule has 0 aromatic carbocycles. The maximum Gasteiger partial charge on any atom is 0.174 e. The normalized spacial score (nSPS) is 10.9. The second-order valence-electron chi connectivity index (χ2n) is 4.45. The van der Waals surface area contributed by atoms with Crippen LogP contribution >= 0.6 is 23.1 Å². The van der Waals surface area contributed by atoms with Gasteiger partial charge in [-0.15, -0.1) is 11.3 Å². The van der Waals surface area contributed by atoms with Crippen LogP contribution in [0.25, 0.3) is 0 Å². The van der Waals surface area contributed by atoms with Gasteiger partial charge in [0.25, 0.3) is 0 Å². The SMILES string of the molecule is CCCn1c(C)cc(C(=O)CSc2nccs2)c1C. The summed E-state index contributed by atoms with van der Waals surface area (Å²) in [7, 11) is 0. The molecule has 0 unspecified atom stereocenters. The van der Waals surface area contributed by atoms with Crippen LogP contribution in [0, 0.1) is 13.8 Å². The number of carbonyl (C=O) groups excluding carboxylic acids is 1. The Morgan fingerprint density at radius 3 is 2.89 bits per heavy atom. The molecule has 0 bridgehead atoms. The molecule has 0 N–H and O–H groups in total. The molecule has 2 aromatic heterocycles. The number of Topliss-reactive ketones (excluding diaryl/α,β-unsaturated/α-hetero) is 1. The van der Waals surface area contributed by atoms with E-state index in [2.05, 4.69) is 23.4 Å². The number of hydrogen-bond acceptors (Lipinski definition) is 4. The standard InChI is InChI=1S/C14H18N2OS2/c1-4-6-16-10(2)8-12(11(16)3)13(17)9-19-14-15-5-7-18-14/h5,7-8H,4,6,9H2,1-3H3. The monoisotopic (exact) mass is 294 g/mol. The minimum absolute atomic E-state index is 0.190. The third-order valence-electron chi connectivity index (χ3n) is 3.06. The second-order valence-corrected chi connectivity index (χ2v) is 6.56. The average Bonchev–Trinajstić information content (AvgIpc) is 2.99. The second kappa shape index (κ2) is 6.39. The van der Waals surface area contributed by atoms with E-state index in [1.54, 1.807) is 17.5 Å². The first-order chi connectivity index (χ1) is 9.13. The van der Waals surface area contributed by atoms with Crippen molar-refractivity contribution < 1.29 is 4.79 Å². The Bertz CT molecular complexity index is 558. The molecule has 0 spiro atoms. The van der Waals surface area contributed by atoms with Gasteiger partial charge in [-0.2, -0.15) is 0 Å². The Hall–Kier alpha value is -1.07. The fourth-order valence-corrected chi connectivity index (χ4v) is 3.66. The first-order valence-electron chi connectivity index (χ1n) is 6.35. The lowest BCUT2D eigenvalue weighted by atomic mass is 10.2. The molecule has 0 aliphatic heterocycles. The highest BCUT2D eigenvalue weighted by Gasteiger charge is 2.15. The highest BCUT2D eigenvalue weighted by Crippen LogP contribution is 2.23. The zero-order valence-corrected chi connectivity index (χ0v) is 13.1. The largest absolute Gasteiger partial charge is 0.348 e. The fraction of sp³-hybridized carbons (Fsp3) is 0.429. The lowest BCUT2D eigenvalue weighted by Crippen LogP contribution is -2.06. The van der Waals surface area contributed by atoms with Crippen LogP contribution in [0.5, 0.6) is 0 Å². The molecular formula is C14H18N2OS2. The van der Waals surface area contributed by atoms with E-state index >= 15 is 0 Å². The molecular weight excluding hydrogens is 276 g/mol. The maximum absolute atomic E-state index is 12.3. The van der Waals surface area contributed by atoms with Gasteiger partial charge in [0.05, 0.1) is 5.75 Å². The Labute approximate surface area is 122 Å². The predicted octanol–water partition coefficient (Wildman–Crippen LogP) is 3.95. The minimum Gasteiger partial charge on any atom is -0.348 e. The van der Waals surface area contributed by atoms with Crippen LogP contribution in [0.4, 0.5) is 0 Å². The molecule has 0 amide bonds. The summed E-state index contributed by atoms with van der Waals surface area (Å²) in [5.41, 5.74) is 3.11. The van der Waals surface area contributed by atoms with E-state index in [1.807, 2.05) is 18.4 Å². The number of carbonyl (C=O) groups is 1. The predicted molar refractivity (Wildman–Crippen MR) is 81.4 cm³/mol. The van der Waals surface area contributed by atoms with E-state index in [0.29, 0.717) is 5.75 Å². The molecule has 19 heavy (non-hydrogen) atoms. The Balaban J connectivity index is 2.08. The number of aromatic nitrogens is 2. The number of rotatable bonds is 6. The highest BCUT2D eigenvalue weighted by molar-refractivity contribution is 8.01. The van der Waals surface area contributed by atoms with Gasteiger partial charge >= 0.3 is 0 Å². The number of ketones is 1. The van der Waals surface area contributed by atoms with Gasteiger partial charge < -0.3 is 4.57 Å². The highest BCUT2D eigenvalue weighted by atomic mass is 32.2. The number of aryl methyl sites for hydroxylation is 1. The summed E-state index contributed by atoms with van der Waals surface area (Å²) >= 11 is 3.09. The number of nitrogens with zero attached hydrogens (tertiary/aromatic N) is 2. The summed E-state index contributed by atoms with van der Waals surface area (Å²) in [6.45, 7) is 7.22. The smallest absolute Gasteiger partial charge is 0.174 e. The zero-order chi connectivity index (χ0) is 13.8. The molecule has 0 saturated carbocycles. The van der Waals surface area contributed by atoms with E-state index < -0.39 is 0 Å². The summed E-state index contributed by atoms with van der Waals surface area (Å²) in [6.07, 6.45) is 2.85. The first kappa shape index (κ1) is 14.3. The summed E-state index contributed by atoms with van der Waals surface area (Å²) in [6, 6.07) is 2.01. The molecule has 2 rings (SSSR count). The van der Waals surface area contributed by atoms with Crippen molar-refractivity contribution in [1.29, 1.82) is 0 Å². The quantitative estimate of drug-likeness (QED) is 0.598. The van der Waals surface area contributed by atoms with Crippen molar-refractivity contribution in [3.8, 4) is 0 Å². The van der Waals surface area contributed by atoms with E-state index in [4.69, 9.17) is 0 Å². The Morgan fingerprint density at radius 1 is 1.47 bits per heavy atom. The lowest BCUT2D eigenvalue weighted by molar-refractivity contribution is 0.102. The molecule has 2 heterocycles. The molecule has 0 radical (unpaired) electrons. The van der Waals surface area contributed by atoms with E-state index in [1.165, 1.54) is 17.5 Å². The van der Waals surface area contributed by atoms with Crippen molar-refractivity contribution in [2.45, 2.75) is 38.1 Å². The van der Waals surface area contributed by atoms with Crippen LogP contribution in [0.3, 0.4) is 0 Å². The maximum atomic E-state index is 12.3. The van der Waals surface area contributed by atoms with Crippen molar-refractivity contribution in [2.24, 2.45) is 0 Å². The van der Waals surface area contributed by atoms with Crippen LogP contribution in [-0.4, -0.2) is 21.1 Å². The van der Waals surface area contributed by atoms with Crippen molar-refractivity contribution in [2.75, 3.05) is 5.75 Å². The number of thioether (sulfide) groups is 1. The summed E-state index contributed by atoms with van der Waals surface area (Å²) < 4.78 is 3.18. The molecule has 0 saturated heterocycles. The third kappa shape index (κ3) is 3.28. The van der Waals surface area contributed by atoms with Gasteiger partial charge in [-0.3, -0.25) is 4.79 Å². The molecule has 3 nitrogen and oxygen atoms in total. The van der Waals surface area contributed by atoms with Crippen LogP contribution in [0.15, 0.2) is 22.0 Å². The molecule has 2 aromatic rings. The molecule has 0 aliphatic carbocycles. The van der Waals surface area contributed by atoms with Gasteiger partial charge in [-0.1, -0.05) is 18.7 Å². The fourth-order valence-electron chi connectivity index (χ4n) is 2.14. The summed E-state index contributed by atoms with van der Waals surface area (Å²) in [5.74, 6) is 0.653. The van der Waals surface area contributed by atoms with Crippen LogP contribution in [-0.2, 0) is 6.54 Å². The van der Waals surface area contributed by atoms with Crippen molar-refractivity contribution >= 4 is 28.9 Å². The molecule has 0 fully saturated rings. The minimum atomic E-state index is 0.190. The van der Waals surface area contributed by atoms with Crippen molar-refractivity contribution in [3.63, 3.8) is 0 Å². The Kier molecular flexibility index (Phi) is 4.82. The van der Waals surface area contributed by atoms with Crippen LogP contribution < -0.4 is 0 Å². The first-order valence-corrected chi connectivity index (χ1v) is 8.22. The van der Waals surface area contributed by atoms with E-state index in [0.717, 1.165) is 28.6 Å². The van der Waals surface area contributed by atoms with Crippen LogP contribution in [0.2, 0.25) is 0 Å². The average molecular weight is 294 g/mol. The Morgan fingerprint density at radius 2 is 2.26 bits per heavy atom. The zero-order valence-electron chi connectivity index (χ0n) is 11.5. The molecule has 0 atom stereocenters. The van der Waals surface area contributed by atoms with Gasteiger partial charge in [0.1, 0.15) is 4.34 Å². The van der Waals surface area contributed by atoms with Gasteiger partial charge in [0, 0.05) is 35.1 Å². The molecule has 5 heteroatoms. The lowest BCUT2D eigenvalue weighted by Gasteiger charge is -2.07. The van der Waals surface area contributed by atoms with Gasteiger partial charge in [-0.05, 0) is 26.3 Å². The third-order valence-corrected chi connectivity index (χ3v) is 5.02. The van der Waals surface area contributed by atoms with Gasteiger partial charge in [0.2, 0.25) is 0 Å². The number of hydrogen-bond donors (Lipinski definition) is 0. The summed E-state index contributed by atoms with van der Waals surface area (Å²) in [5, 5.41) is 1.93. The van der Waals surface area contributed by atoms with E-state index in [-0.39, 0.29) is 5.78 Å². The van der Waals surface area contributed by atoms with E-state index in [9.17, 15) is 4.79 Å². The topological polar surface area (TPSA) is 34.9 Å². The van der Waals surface area contributed by atoms with Gasteiger partial charge in [0.15, 0.2) is 5.78 Å². The van der Waals surface area contributed by atoms with Crippen LogP contribution in [0.1, 0.15) is 35.1 Å².